The summed E-state index contributed by atoms with van der Waals surface area (Å²) in [5.74, 6) is 0. The van der Waals surface area contributed by atoms with Crippen LogP contribution in [0, 0.1) is 11.3 Å². The summed E-state index contributed by atoms with van der Waals surface area (Å²) in [6.07, 6.45) is 1.30. The highest BCUT2D eigenvalue weighted by atomic mass is 15.2. The van der Waals surface area contributed by atoms with E-state index in [1.165, 1.54) is 18.5 Å². The minimum atomic E-state index is 0.709. The maximum absolute atomic E-state index is 8.76. The fourth-order valence-corrected chi connectivity index (χ4v) is 1.78. The van der Waals surface area contributed by atoms with Crippen LogP contribution in [0.25, 0.3) is 0 Å². The van der Waals surface area contributed by atoms with Gasteiger partial charge < -0.3 is 0 Å². The lowest BCUT2D eigenvalue weighted by Gasteiger charge is -2.38. The van der Waals surface area contributed by atoms with E-state index in [1.54, 1.807) is 0 Å². The molecule has 0 spiro atoms. The second kappa shape index (κ2) is 3.81. The molecule has 2 nitrogen and oxygen atoms in total. The first-order chi connectivity index (χ1) is 6.79. The topological polar surface area (TPSA) is 27.0 Å². The van der Waals surface area contributed by atoms with Crippen LogP contribution >= 0.6 is 0 Å². The second-order valence-corrected chi connectivity index (χ2v) is 3.92. The summed E-state index contributed by atoms with van der Waals surface area (Å²) in [4.78, 5) is 2.43. The molecule has 2 rings (SSSR count). The van der Waals surface area contributed by atoms with Crippen LogP contribution in [0.15, 0.2) is 24.3 Å². The molecule has 2 heteroatoms. The Morgan fingerprint density at radius 1 is 1.57 bits per heavy atom. The molecule has 0 aromatic heterocycles. The van der Waals surface area contributed by atoms with E-state index in [9.17, 15) is 0 Å². The van der Waals surface area contributed by atoms with E-state index in [0.717, 1.165) is 12.1 Å². The Kier molecular flexibility index (Phi) is 2.51. The van der Waals surface area contributed by atoms with Crippen LogP contribution in [0.2, 0.25) is 0 Å². The Bertz CT molecular complexity index is 365. The lowest BCUT2D eigenvalue weighted by molar-refractivity contribution is 0.0959. The van der Waals surface area contributed by atoms with Gasteiger partial charge in [0.15, 0.2) is 0 Å². The zero-order valence-electron chi connectivity index (χ0n) is 8.40. The Balaban J connectivity index is 2.06. The molecule has 0 saturated carbocycles. The highest BCUT2D eigenvalue weighted by Gasteiger charge is 2.22. The van der Waals surface area contributed by atoms with Crippen molar-refractivity contribution in [1.29, 1.82) is 5.26 Å². The van der Waals surface area contributed by atoms with Gasteiger partial charge in [0, 0.05) is 19.1 Å². The van der Waals surface area contributed by atoms with Crippen molar-refractivity contribution in [2.75, 3.05) is 6.54 Å². The molecule has 1 unspecified atom stereocenters. The fourth-order valence-electron chi connectivity index (χ4n) is 1.78. The van der Waals surface area contributed by atoms with Gasteiger partial charge in [-0.3, -0.25) is 4.90 Å². The van der Waals surface area contributed by atoms with Gasteiger partial charge in [-0.15, -0.1) is 0 Å². The Morgan fingerprint density at radius 2 is 2.43 bits per heavy atom. The minimum absolute atomic E-state index is 0.709. The van der Waals surface area contributed by atoms with Crippen molar-refractivity contribution in [3.8, 4) is 6.07 Å². The SMILES string of the molecule is CC1CCN1Cc1cccc(C#N)c1. The first-order valence-electron chi connectivity index (χ1n) is 5.02. The van der Waals surface area contributed by atoms with Crippen molar-refractivity contribution in [1.82, 2.24) is 4.90 Å². The predicted octanol–water partition coefficient (Wildman–Crippen LogP) is 2.15. The molecule has 1 aliphatic heterocycles. The first-order valence-corrected chi connectivity index (χ1v) is 5.02. The Hall–Kier alpha value is -1.33. The smallest absolute Gasteiger partial charge is 0.0991 e. The molecule has 0 amide bonds. The van der Waals surface area contributed by atoms with Gasteiger partial charge in [-0.1, -0.05) is 12.1 Å². The predicted molar refractivity (Wildman–Crippen MR) is 55.6 cm³/mol. The van der Waals surface area contributed by atoms with Gasteiger partial charge in [0.05, 0.1) is 11.6 Å². The zero-order chi connectivity index (χ0) is 9.97. The van der Waals surface area contributed by atoms with Gasteiger partial charge >= 0.3 is 0 Å². The lowest BCUT2D eigenvalue weighted by Crippen LogP contribution is -2.44. The minimum Gasteiger partial charge on any atom is -0.296 e. The van der Waals surface area contributed by atoms with E-state index in [2.05, 4.69) is 24.0 Å². The van der Waals surface area contributed by atoms with Crippen molar-refractivity contribution in [3.05, 3.63) is 35.4 Å². The molecule has 1 heterocycles. The molecule has 1 atom stereocenters. The molecule has 0 N–H and O–H groups in total. The number of nitriles is 1. The van der Waals surface area contributed by atoms with Crippen LogP contribution < -0.4 is 0 Å². The van der Waals surface area contributed by atoms with Gasteiger partial charge in [-0.05, 0) is 31.0 Å². The maximum Gasteiger partial charge on any atom is 0.0991 e. The van der Waals surface area contributed by atoms with Crippen molar-refractivity contribution in [3.63, 3.8) is 0 Å². The monoisotopic (exact) mass is 186 g/mol. The fraction of sp³-hybridized carbons (Fsp3) is 0.417. The summed E-state index contributed by atoms with van der Waals surface area (Å²) in [6, 6.07) is 10.8. The standard InChI is InChI=1S/C12H14N2/c1-10-5-6-14(10)9-12-4-2-3-11(7-12)8-13/h2-4,7,10H,5-6,9H2,1H3. The van der Waals surface area contributed by atoms with Crippen LogP contribution in [0.5, 0.6) is 0 Å². The summed E-state index contributed by atoms with van der Waals surface area (Å²) < 4.78 is 0. The van der Waals surface area contributed by atoms with Crippen LogP contribution in [0.1, 0.15) is 24.5 Å². The van der Waals surface area contributed by atoms with Crippen LogP contribution in [-0.2, 0) is 6.54 Å². The molecule has 1 fully saturated rings. The number of nitrogens with zero attached hydrogens (tertiary/aromatic N) is 2. The van der Waals surface area contributed by atoms with Gasteiger partial charge in [0.2, 0.25) is 0 Å². The molecular formula is C12H14N2. The number of benzene rings is 1. The highest BCUT2D eigenvalue weighted by molar-refractivity contribution is 5.32. The third kappa shape index (κ3) is 1.78. The van der Waals surface area contributed by atoms with Gasteiger partial charge in [-0.2, -0.15) is 5.26 Å². The van der Waals surface area contributed by atoms with Gasteiger partial charge in [0.1, 0.15) is 0 Å². The molecule has 72 valence electrons. The van der Waals surface area contributed by atoms with Crippen molar-refractivity contribution in [2.24, 2.45) is 0 Å². The third-order valence-corrected chi connectivity index (χ3v) is 2.90. The second-order valence-electron chi connectivity index (χ2n) is 3.92. The van der Waals surface area contributed by atoms with Crippen molar-refractivity contribution < 1.29 is 0 Å². The van der Waals surface area contributed by atoms with Gasteiger partial charge in [0.25, 0.3) is 0 Å². The summed E-state index contributed by atoms with van der Waals surface area (Å²) in [5.41, 5.74) is 2.01. The average Bonchev–Trinajstić information content (AvgIpc) is 2.24. The van der Waals surface area contributed by atoms with Crippen molar-refractivity contribution in [2.45, 2.75) is 25.9 Å². The Morgan fingerprint density at radius 3 is 3.00 bits per heavy atom. The van der Waals surface area contributed by atoms with Crippen molar-refractivity contribution >= 4 is 0 Å². The average molecular weight is 186 g/mol. The van der Waals surface area contributed by atoms with E-state index in [-0.39, 0.29) is 0 Å². The molecule has 1 saturated heterocycles. The van der Waals surface area contributed by atoms with E-state index in [0.29, 0.717) is 6.04 Å². The van der Waals surface area contributed by atoms with Crippen LogP contribution in [0.4, 0.5) is 0 Å². The number of hydrogen-bond acceptors (Lipinski definition) is 2. The summed E-state index contributed by atoms with van der Waals surface area (Å²) in [6.45, 7) is 4.42. The number of rotatable bonds is 2. The summed E-state index contributed by atoms with van der Waals surface area (Å²) >= 11 is 0. The molecule has 0 bridgehead atoms. The quantitative estimate of drug-likeness (QED) is 0.707. The number of hydrogen-bond donors (Lipinski definition) is 0. The molecule has 14 heavy (non-hydrogen) atoms. The molecule has 1 aromatic carbocycles. The maximum atomic E-state index is 8.76. The van der Waals surface area contributed by atoms with Crippen LogP contribution in [0.3, 0.4) is 0 Å². The van der Waals surface area contributed by atoms with E-state index >= 15 is 0 Å². The molecule has 0 aliphatic carbocycles. The largest absolute Gasteiger partial charge is 0.296 e. The number of likely N-dealkylation sites (tertiary alicyclic amines) is 1. The molecule has 1 aliphatic rings. The Labute approximate surface area is 84.8 Å². The van der Waals surface area contributed by atoms with E-state index in [1.807, 2.05) is 18.2 Å². The van der Waals surface area contributed by atoms with Crippen LogP contribution in [-0.4, -0.2) is 17.5 Å². The van der Waals surface area contributed by atoms with E-state index < -0.39 is 0 Å². The normalized spacial score (nSPS) is 21.3. The third-order valence-electron chi connectivity index (χ3n) is 2.90. The van der Waals surface area contributed by atoms with E-state index in [4.69, 9.17) is 5.26 Å². The molecule has 0 radical (unpaired) electrons. The highest BCUT2D eigenvalue weighted by Crippen LogP contribution is 2.19. The zero-order valence-corrected chi connectivity index (χ0v) is 8.40. The molecule has 1 aromatic rings. The lowest BCUT2D eigenvalue weighted by atomic mass is 10.0. The summed E-state index contributed by atoms with van der Waals surface area (Å²) in [7, 11) is 0. The first kappa shape index (κ1) is 9.23. The van der Waals surface area contributed by atoms with Gasteiger partial charge in [-0.25, -0.2) is 0 Å². The summed E-state index contributed by atoms with van der Waals surface area (Å²) in [5, 5.41) is 8.76. The molecular weight excluding hydrogens is 172 g/mol.